The minimum Gasteiger partial charge on any atom is -0.495 e. The lowest BCUT2D eigenvalue weighted by molar-refractivity contribution is 0.311. The van der Waals surface area contributed by atoms with Gasteiger partial charge in [0.2, 0.25) is 0 Å². The fraction of sp³-hybridized carbons (Fsp3) is 0.364. The number of halogens is 1. The second kappa shape index (κ2) is 9.62. The van der Waals surface area contributed by atoms with E-state index in [-0.39, 0.29) is 16.8 Å². The highest BCUT2D eigenvalue weighted by Gasteiger charge is 2.29. The number of pyridine rings is 1. The van der Waals surface area contributed by atoms with Crippen LogP contribution >= 0.6 is 11.3 Å². The molecular weight excluding hydrogens is 465 g/mol. The van der Waals surface area contributed by atoms with Crippen LogP contribution in [0.5, 0.6) is 5.75 Å². The molecule has 1 atom stereocenters. The minimum absolute atomic E-state index is 0.161. The molecule has 1 fully saturated rings. The van der Waals surface area contributed by atoms with Crippen LogP contribution in [0.3, 0.4) is 0 Å². The normalized spacial score (nSPS) is 16.7. The number of anilines is 2. The lowest BCUT2D eigenvalue weighted by Gasteiger charge is -2.29. The largest absolute Gasteiger partial charge is 0.495 e. The number of ether oxygens (including phenoxy) is 1. The van der Waals surface area contributed by atoms with Crippen molar-refractivity contribution in [3.63, 3.8) is 0 Å². The van der Waals surface area contributed by atoms with E-state index in [0.717, 1.165) is 31.0 Å². The van der Waals surface area contributed by atoms with Crippen LogP contribution in [0.2, 0.25) is 0 Å². The Kier molecular flexibility index (Phi) is 6.82. The maximum Gasteiger partial charge on any atom is 0.266 e. The third-order valence-electron chi connectivity index (χ3n) is 5.83. The van der Waals surface area contributed by atoms with Crippen LogP contribution in [0.15, 0.2) is 46.2 Å². The first-order valence-corrected chi connectivity index (χ1v) is 12.9. The number of nitrogens with zero attached hydrogens (tertiary/aromatic N) is 4. The summed E-state index contributed by atoms with van der Waals surface area (Å²) in [6.07, 6.45) is 2.65. The lowest BCUT2D eigenvalue weighted by atomic mass is 10.1. The van der Waals surface area contributed by atoms with Crippen LogP contribution in [-0.2, 0) is 16.6 Å². The lowest BCUT2D eigenvalue weighted by Crippen LogP contribution is -2.35. The van der Waals surface area contributed by atoms with E-state index in [1.807, 2.05) is 24.1 Å². The van der Waals surface area contributed by atoms with Gasteiger partial charge in [-0.2, -0.15) is 0 Å². The van der Waals surface area contributed by atoms with Crippen molar-refractivity contribution >= 4 is 32.9 Å². The van der Waals surface area contributed by atoms with Gasteiger partial charge >= 0.3 is 0 Å². The summed E-state index contributed by atoms with van der Waals surface area (Å²) in [6, 6.07) is 6.58. The molecule has 1 aromatic carbocycles. The Morgan fingerprint density at radius 3 is 2.91 bits per heavy atom. The van der Waals surface area contributed by atoms with Gasteiger partial charge in [0.15, 0.2) is 5.82 Å². The number of rotatable bonds is 8. The molecule has 0 bridgehead atoms. The molecule has 1 aliphatic heterocycles. The summed E-state index contributed by atoms with van der Waals surface area (Å²) < 4.78 is 48.0. The Bertz CT molecular complexity index is 1220. The molecule has 0 radical (unpaired) electrons. The van der Waals surface area contributed by atoms with Gasteiger partial charge in [0.25, 0.3) is 10.0 Å². The summed E-state index contributed by atoms with van der Waals surface area (Å²) in [5.74, 6) is 0.141. The Morgan fingerprint density at radius 1 is 1.36 bits per heavy atom. The second-order valence-corrected chi connectivity index (χ2v) is 10.4. The van der Waals surface area contributed by atoms with E-state index in [0.29, 0.717) is 17.8 Å². The molecule has 1 aliphatic rings. The number of likely N-dealkylation sites (N-methyl/N-ethyl adjacent to an activating group) is 1. The molecular formula is C22H26FN5O3S2. The molecule has 4 rings (SSSR count). The number of thiazole rings is 1. The van der Waals surface area contributed by atoms with Crippen molar-refractivity contribution in [1.82, 2.24) is 14.9 Å². The molecule has 2 aromatic heterocycles. The number of benzene rings is 1. The zero-order valence-electron chi connectivity index (χ0n) is 18.7. The third kappa shape index (κ3) is 5.10. The molecule has 0 saturated carbocycles. The number of aryl methyl sites for hydroxylation is 1. The Hall–Kier alpha value is -2.76. The van der Waals surface area contributed by atoms with Crippen LogP contribution in [-0.4, -0.2) is 56.6 Å². The second-order valence-electron chi connectivity index (χ2n) is 7.99. The summed E-state index contributed by atoms with van der Waals surface area (Å²) in [7, 11) is -0.525. The van der Waals surface area contributed by atoms with Gasteiger partial charge < -0.3 is 9.64 Å². The quantitative estimate of drug-likeness (QED) is 0.516. The monoisotopic (exact) mass is 491 g/mol. The van der Waals surface area contributed by atoms with Gasteiger partial charge in [-0.25, -0.2) is 17.8 Å². The van der Waals surface area contributed by atoms with Crippen molar-refractivity contribution in [2.75, 3.05) is 36.9 Å². The van der Waals surface area contributed by atoms with Crippen molar-refractivity contribution in [2.45, 2.75) is 30.8 Å². The molecule has 1 N–H and O–H groups in total. The molecule has 1 saturated heterocycles. The highest BCUT2D eigenvalue weighted by atomic mass is 32.2. The number of sulfonamides is 1. The predicted octanol–water partition coefficient (Wildman–Crippen LogP) is 3.51. The number of hydrogen-bond acceptors (Lipinski definition) is 8. The highest BCUT2D eigenvalue weighted by molar-refractivity contribution is 7.92. The first-order chi connectivity index (χ1) is 15.8. The van der Waals surface area contributed by atoms with Crippen LogP contribution in [0.25, 0.3) is 0 Å². The number of hydrogen-bond donors (Lipinski definition) is 1. The Balaban J connectivity index is 1.48. The predicted molar refractivity (Wildman–Crippen MR) is 127 cm³/mol. The van der Waals surface area contributed by atoms with Crippen LogP contribution in [0, 0.1) is 12.7 Å². The first-order valence-electron chi connectivity index (χ1n) is 10.4. The topological polar surface area (TPSA) is 87.7 Å². The fourth-order valence-corrected chi connectivity index (χ4v) is 5.80. The van der Waals surface area contributed by atoms with Crippen LogP contribution in [0.4, 0.5) is 15.9 Å². The molecule has 0 aliphatic carbocycles. The third-order valence-corrected chi connectivity index (χ3v) is 7.78. The zero-order valence-corrected chi connectivity index (χ0v) is 20.3. The van der Waals surface area contributed by atoms with E-state index < -0.39 is 15.8 Å². The first kappa shape index (κ1) is 23.4. The van der Waals surface area contributed by atoms with Gasteiger partial charge in [-0.15, -0.1) is 11.3 Å². The van der Waals surface area contributed by atoms with E-state index in [2.05, 4.69) is 19.6 Å². The maximum atomic E-state index is 15.0. The molecule has 33 heavy (non-hydrogen) atoms. The van der Waals surface area contributed by atoms with Crippen molar-refractivity contribution in [3.05, 3.63) is 58.4 Å². The summed E-state index contributed by atoms with van der Waals surface area (Å²) in [5.41, 5.74) is 3.74. The van der Waals surface area contributed by atoms with Crippen molar-refractivity contribution in [1.29, 1.82) is 0 Å². The summed E-state index contributed by atoms with van der Waals surface area (Å²) in [5, 5.41) is 1.55. The Labute approximate surface area is 197 Å². The highest BCUT2D eigenvalue weighted by Crippen LogP contribution is 2.30. The van der Waals surface area contributed by atoms with E-state index in [1.165, 1.54) is 29.0 Å². The minimum atomic E-state index is -4.07. The fourth-order valence-electron chi connectivity index (χ4n) is 4.09. The Morgan fingerprint density at radius 2 is 2.18 bits per heavy atom. The molecule has 3 heterocycles. The molecule has 0 amide bonds. The van der Waals surface area contributed by atoms with Gasteiger partial charge in [0.05, 0.1) is 18.3 Å². The number of nitrogens with one attached hydrogen (secondary N) is 1. The molecule has 1 unspecified atom stereocenters. The summed E-state index contributed by atoms with van der Waals surface area (Å²) in [6.45, 7) is 4.11. The number of methoxy groups -OCH3 is 1. The van der Waals surface area contributed by atoms with E-state index in [1.54, 1.807) is 25.6 Å². The van der Waals surface area contributed by atoms with Crippen LogP contribution < -0.4 is 14.4 Å². The summed E-state index contributed by atoms with van der Waals surface area (Å²) in [4.78, 5) is 12.3. The van der Waals surface area contributed by atoms with E-state index in [9.17, 15) is 12.8 Å². The van der Waals surface area contributed by atoms with E-state index >= 15 is 0 Å². The van der Waals surface area contributed by atoms with Gasteiger partial charge in [-0.3, -0.25) is 14.6 Å². The molecule has 8 nitrogen and oxygen atoms in total. The zero-order chi connectivity index (χ0) is 23.6. The van der Waals surface area contributed by atoms with Gasteiger partial charge in [0, 0.05) is 50.0 Å². The maximum absolute atomic E-state index is 15.0. The summed E-state index contributed by atoms with van der Waals surface area (Å²) >= 11 is 1.25. The average molecular weight is 492 g/mol. The number of likely N-dealkylation sites (tertiary alicyclic amines) is 1. The van der Waals surface area contributed by atoms with Gasteiger partial charge in [0.1, 0.15) is 16.5 Å². The van der Waals surface area contributed by atoms with Gasteiger partial charge in [-0.1, -0.05) is 0 Å². The van der Waals surface area contributed by atoms with Crippen molar-refractivity contribution in [3.8, 4) is 5.75 Å². The molecule has 176 valence electrons. The van der Waals surface area contributed by atoms with E-state index in [4.69, 9.17) is 4.74 Å². The van der Waals surface area contributed by atoms with Crippen molar-refractivity contribution < 1.29 is 17.5 Å². The molecule has 11 heteroatoms. The molecule has 0 spiro atoms. The number of aromatic nitrogens is 2. The van der Waals surface area contributed by atoms with Crippen LogP contribution in [0.1, 0.15) is 17.7 Å². The van der Waals surface area contributed by atoms with Gasteiger partial charge in [-0.05, 0) is 43.2 Å². The average Bonchev–Trinajstić information content (AvgIpc) is 3.47. The molecule has 3 aromatic rings. The SMILES string of the molecule is COc1cccnc1CN1CCC(N(C)c2cc(F)c(S(=O)(=O)Nc3cscn3)cc2C)C1. The van der Waals surface area contributed by atoms with Crippen molar-refractivity contribution in [2.24, 2.45) is 0 Å². The smallest absolute Gasteiger partial charge is 0.266 e. The standard InChI is InChI=1S/C22H26FN5O3S2/c1-15-9-21(33(29,30)26-22-13-32-14-25-22)17(23)10-19(15)27(2)16-6-8-28(11-16)12-18-20(31-3)5-4-7-24-18/h4-5,7,9-10,13-14,16,26H,6,8,11-12H2,1-3H3.